The first-order valence-corrected chi connectivity index (χ1v) is 7.70. The van der Waals surface area contributed by atoms with Crippen LogP contribution in [0.4, 0.5) is 0 Å². The highest BCUT2D eigenvalue weighted by molar-refractivity contribution is 5.95. The van der Waals surface area contributed by atoms with Gasteiger partial charge in [0.1, 0.15) is 12.6 Å². The third-order valence-electron chi connectivity index (χ3n) is 5.21. The molecule has 108 valence electrons. The molecule has 0 aromatic carbocycles. The van der Waals surface area contributed by atoms with Gasteiger partial charge in [0.25, 0.3) is 0 Å². The average molecular weight is 266 g/mol. The minimum atomic E-state index is -0.181. The van der Waals surface area contributed by atoms with E-state index in [0.29, 0.717) is 0 Å². The van der Waals surface area contributed by atoms with Gasteiger partial charge in [-0.1, -0.05) is 20.8 Å². The highest BCUT2D eigenvalue weighted by Crippen LogP contribution is 2.33. The van der Waals surface area contributed by atoms with Gasteiger partial charge in [0.2, 0.25) is 11.8 Å². The highest BCUT2D eigenvalue weighted by Gasteiger charge is 2.46. The zero-order chi connectivity index (χ0) is 14.0. The van der Waals surface area contributed by atoms with E-state index in [9.17, 15) is 9.59 Å². The Labute approximate surface area is 116 Å². The SMILES string of the molecule is CCC(CC)(CC)N1CC(=O)N2CCCCC2C1=O. The van der Waals surface area contributed by atoms with Crippen molar-refractivity contribution in [2.45, 2.75) is 70.9 Å². The van der Waals surface area contributed by atoms with Gasteiger partial charge in [-0.05, 0) is 38.5 Å². The number of hydrogen-bond acceptors (Lipinski definition) is 2. The van der Waals surface area contributed by atoms with Crippen molar-refractivity contribution in [2.24, 2.45) is 0 Å². The maximum Gasteiger partial charge on any atom is 0.246 e. The number of hydrogen-bond donors (Lipinski definition) is 0. The summed E-state index contributed by atoms with van der Waals surface area (Å²) in [5.74, 6) is 0.328. The predicted molar refractivity (Wildman–Crippen MR) is 74.7 cm³/mol. The lowest BCUT2D eigenvalue weighted by molar-refractivity contribution is -0.164. The maximum absolute atomic E-state index is 12.8. The fraction of sp³-hybridized carbons (Fsp3) is 0.867. The molecule has 0 spiro atoms. The number of carbonyl (C=O) groups excluding carboxylic acids is 2. The zero-order valence-corrected chi connectivity index (χ0v) is 12.4. The third kappa shape index (κ3) is 2.26. The molecule has 1 atom stereocenters. The summed E-state index contributed by atoms with van der Waals surface area (Å²) < 4.78 is 0. The molecule has 0 saturated carbocycles. The first-order valence-electron chi connectivity index (χ1n) is 7.70. The number of piperidine rings is 1. The predicted octanol–water partition coefficient (Wildman–Crippen LogP) is 2.18. The van der Waals surface area contributed by atoms with E-state index < -0.39 is 0 Å². The largest absolute Gasteiger partial charge is 0.329 e. The molecule has 2 amide bonds. The Bertz CT molecular complexity index is 355. The summed E-state index contributed by atoms with van der Waals surface area (Å²) in [7, 11) is 0. The van der Waals surface area contributed by atoms with Crippen LogP contribution in [0.2, 0.25) is 0 Å². The van der Waals surface area contributed by atoms with Gasteiger partial charge < -0.3 is 9.80 Å². The molecule has 2 aliphatic rings. The minimum absolute atomic E-state index is 0.129. The first kappa shape index (κ1) is 14.4. The molecule has 4 heteroatoms. The number of piperazine rings is 1. The lowest BCUT2D eigenvalue weighted by atomic mass is 9.85. The molecule has 2 aliphatic heterocycles. The van der Waals surface area contributed by atoms with Crippen LogP contribution in [-0.2, 0) is 9.59 Å². The van der Waals surface area contributed by atoms with Gasteiger partial charge in [-0.25, -0.2) is 0 Å². The number of fused-ring (bicyclic) bond motifs is 1. The van der Waals surface area contributed by atoms with E-state index >= 15 is 0 Å². The van der Waals surface area contributed by atoms with E-state index in [1.54, 1.807) is 0 Å². The van der Waals surface area contributed by atoms with Crippen LogP contribution in [0, 0.1) is 0 Å². The fourth-order valence-electron chi connectivity index (χ4n) is 3.69. The average Bonchev–Trinajstić information content (AvgIpc) is 2.46. The van der Waals surface area contributed by atoms with Crippen molar-refractivity contribution >= 4 is 11.8 Å². The second-order valence-corrected chi connectivity index (χ2v) is 5.81. The van der Waals surface area contributed by atoms with Crippen LogP contribution in [0.5, 0.6) is 0 Å². The Kier molecular flexibility index (Phi) is 4.16. The van der Waals surface area contributed by atoms with E-state index in [1.165, 1.54) is 0 Å². The number of carbonyl (C=O) groups is 2. The van der Waals surface area contributed by atoms with Crippen molar-refractivity contribution in [3.63, 3.8) is 0 Å². The molecule has 19 heavy (non-hydrogen) atoms. The van der Waals surface area contributed by atoms with Gasteiger partial charge in [0.15, 0.2) is 0 Å². The zero-order valence-electron chi connectivity index (χ0n) is 12.4. The Hall–Kier alpha value is -1.06. The molecule has 2 saturated heterocycles. The van der Waals surface area contributed by atoms with E-state index in [-0.39, 0.29) is 29.9 Å². The molecule has 2 rings (SSSR count). The first-order chi connectivity index (χ1) is 9.09. The fourth-order valence-corrected chi connectivity index (χ4v) is 3.69. The van der Waals surface area contributed by atoms with Crippen LogP contribution in [0.1, 0.15) is 59.3 Å². The molecule has 0 aliphatic carbocycles. The molecule has 4 nitrogen and oxygen atoms in total. The molecule has 0 radical (unpaired) electrons. The molecule has 2 heterocycles. The van der Waals surface area contributed by atoms with E-state index in [0.717, 1.165) is 45.1 Å². The van der Waals surface area contributed by atoms with Gasteiger partial charge in [-0.3, -0.25) is 9.59 Å². The second kappa shape index (κ2) is 5.51. The summed E-state index contributed by atoms with van der Waals surface area (Å²) in [4.78, 5) is 28.8. The molecule has 2 fully saturated rings. The molecule has 1 unspecified atom stereocenters. The van der Waals surface area contributed by atoms with Crippen molar-refractivity contribution in [3.05, 3.63) is 0 Å². The Morgan fingerprint density at radius 1 is 1.11 bits per heavy atom. The molecule has 0 aromatic rings. The van der Waals surface area contributed by atoms with Crippen molar-refractivity contribution in [3.8, 4) is 0 Å². The highest BCUT2D eigenvalue weighted by atomic mass is 16.2. The van der Waals surface area contributed by atoms with Gasteiger partial charge in [-0.15, -0.1) is 0 Å². The molecular formula is C15H26N2O2. The number of nitrogens with zero attached hydrogens (tertiary/aromatic N) is 2. The quantitative estimate of drug-likeness (QED) is 0.782. The normalized spacial score (nSPS) is 24.7. The molecule has 0 N–H and O–H groups in total. The monoisotopic (exact) mass is 266 g/mol. The number of amides is 2. The maximum atomic E-state index is 12.8. The Morgan fingerprint density at radius 2 is 1.74 bits per heavy atom. The summed E-state index contributed by atoms with van der Waals surface area (Å²) >= 11 is 0. The van der Waals surface area contributed by atoms with Crippen LogP contribution >= 0.6 is 0 Å². The van der Waals surface area contributed by atoms with Crippen molar-refractivity contribution in [1.82, 2.24) is 9.80 Å². The topological polar surface area (TPSA) is 40.6 Å². The number of rotatable bonds is 4. The second-order valence-electron chi connectivity index (χ2n) is 5.81. The van der Waals surface area contributed by atoms with E-state index in [2.05, 4.69) is 20.8 Å². The third-order valence-corrected chi connectivity index (χ3v) is 5.21. The molecule has 0 aromatic heterocycles. The van der Waals surface area contributed by atoms with Gasteiger partial charge in [0.05, 0.1) is 0 Å². The van der Waals surface area contributed by atoms with Crippen LogP contribution in [0.15, 0.2) is 0 Å². The van der Waals surface area contributed by atoms with Crippen LogP contribution in [0.3, 0.4) is 0 Å². The minimum Gasteiger partial charge on any atom is -0.329 e. The van der Waals surface area contributed by atoms with Crippen LogP contribution in [0.25, 0.3) is 0 Å². The van der Waals surface area contributed by atoms with Crippen molar-refractivity contribution in [2.75, 3.05) is 13.1 Å². The van der Waals surface area contributed by atoms with Crippen molar-refractivity contribution < 1.29 is 9.59 Å². The summed E-state index contributed by atoms with van der Waals surface area (Å²) in [6.45, 7) is 7.42. The molecular weight excluding hydrogens is 240 g/mol. The van der Waals surface area contributed by atoms with Gasteiger partial charge in [0, 0.05) is 12.1 Å². The van der Waals surface area contributed by atoms with E-state index in [1.807, 2.05) is 9.80 Å². The van der Waals surface area contributed by atoms with Gasteiger partial charge in [-0.2, -0.15) is 0 Å². The van der Waals surface area contributed by atoms with Crippen LogP contribution < -0.4 is 0 Å². The summed E-state index contributed by atoms with van der Waals surface area (Å²) in [5, 5.41) is 0. The van der Waals surface area contributed by atoms with Gasteiger partial charge >= 0.3 is 0 Å². The lowest BCUT2D eigenvalue weighted by Crippen LogP contribution is -2.66. The van der Waals surface area contributed by atoms with Crippen LogP contribution in [-0.4, -0.2) is 46.3 Å². The Balaban J connectivity index is 2.27. The lowest BCUT2D eigenvalue weighted by Gasteiger charge is -2.50. The van der Waals surface area contributed by atoms with Crippen molar-refractivity contribution in [1.29, 1.82) is 0 Å². The standard InChI is InChI=1S/C15H26N2O2/c1-4-15(5-2,6-3)17-11-13(18)16-10-8-7-9-12(16)14(17)19/h12H,4-11H2,1-3H3. The summed E-state index contributed by atoms with van der Waals surface area (Å²) in [6, 6.07) is -0.181. The summed E-state index contributed by atoms with van der Waals surface area (Å²) in [5.41, 5.74) is -0.129. The summed E-state index contributed by atoms with van der Waals surface area (Å²) in [6.07, 6.45) is 5.71. The molecule has 0 bridgehead atoms. The Morgan fingerprint density at radius 3 is 2.32 bits per heavy atom. The van der Waals surface area contributed by atoms with E-state index in [4.69, 9.17) is 0 Å². The smallest absolute Gasteiger partial charge is 0.246 e.